The fraction of sp³-hybridized carbons (Fsp3) is 0.273. The number of fused-ring (bicyclic) bond motifs is 1. The molecule has 0 saturated carbocycles. The van der Waals surface area contributed by atoms with Crippen LogP contribution in [0.1, 0.15) is 23.5 Å². The van der Waals surface area contributed by atoms with Gasteiger partial charge in [0.05, 0.1) is 36.3 Å². The lowest BCUT2D eigenvalue weighted by Gasteiger charge is -2.42. The highest BCUT2D eigenvalue weighted by Crippen LogP contribution is 2.43. The standard InChI is InChI=1S/C22H21N3O2S/c1-15-4-3-5-17(10-15)24-13-25-21(26)11-19(20(12-23)22(25)28-14-24)16-6-8-18(27-2)9-7-16/h3-10,19H,11,13-14H2,1-2H3. The van der Waals surface area contributed by atoms with Gasteiger partial charge in [-0.3, -0.25) is 9.69 Å². The predicted octanol–water partition coefficient (Wildman–Crippen LogP) is 4.22. The molecule has 1 fully saturated rings. The molecule has 0 bridgehead atoms. The number of thioether (sulfide) groups is 1. The van der Waals surface area contributed by atoms with Gasteiger partial charge in [0.15, 0.2) is 0 Å². The molecule has 1 atom stereocenters. The highest BCUT2D eigenvalue weighted by molar-refractivity contribution is 8.03. The van der Waals surface area contributed by atoms with E-state index in [2.05, 4.69) is 36.1 Å². The molecule has 0 N–H and O–H groups in total. The molecule has 1 amide bonds. The Morgan fingerprint density at radius 1 is 1.21 bits per heavy atom. The molecule has 28 heavy (non-hydrogen) atoms. The average molecular weight is 391 g/mol. The second-order valence-corrected chi connectivity index (χ2v) is 7.91. The lowest BCUT2D eigenvalue weighted by Crippen LogP contribution is -2.47. The van der Waals surface area contributed by atoms with Gasteiger partial charge in [0.2, 0.25) is 5.91 Å². The normalized spacial score (nSPS) is 19.3. The van der Waals surface area contributed by atoms with Gasteiger partial charge in [0, 0.05) is 18.0 Å². The SMILES string of the molecule is COc1ccc(C2CC(=O)N3CN(c4cccc(C)c4)CSC3=C2C#N)cc1. The second-order valence-electron chi connectivity index (χ2n) is 6.98. The Morgan fingerprint density at radius 2 is 2.00 bits per heavy atom. The summed E-state index contributed by atoms with van der Waals surface area (Å²) in [6.07, 6.45) is 0.306. The monoisotopic (exact) mass is 391 g/mol. The Kier molecular flexibility index (Phi) is 5.01. The Bertz CT molecular complexity index is 978. The summed E-state index contributed by atoms with van der Waals surface area (Å²) in [5.74, 6) is 1.33. The molecule has 0 spiro atoms. The van der Waals surface area contributed by atoms with Crippen LogP contribution in [0.25, 0.3) is 0 Å². The van der Waals surface area contributed by atoms with Crippen molar-refractivity contribution in [1.82, 2.24) is 4.90 Å². The maximum atomic E-state index is 13.0. The molecular weight excluding hydrogens is 370 g/mol. The number of hydrogen-bond donors (Lipinski definition) is 0. The van der Waals surface area contributed by atoms with E-state index in [0.717, 1.165) is 22.0 Å². The molecule has 0 radical (unpaired) electrons. The number of carbonyl (C=O) groups is 1. The summed E-state index contributed by atoms with van der Waals surface area (Å²) < 4.78 is 5.22. The number of allylic oxidation sites excluding steroid dienone is 1. The lowest BCUT2D eigenvalue weighted by molar-refractivity contribution is -0.129. The van der Waals surface area contributed by atoms with Crippen molar-refractivity contribution in [3.05, 3.63) is 70.3 Å². The predicted molar refractivity (Wildman–Crippen MR) is 111 cm³/mol. The highest BCUT2D eigenvalue weighted by atomic mass is 32.2. The van der Waals surface area contributed by atoms with Gasteiger partial charge < -0.3 is 9.64 Å². The van der Waals surface area contributed by atoms with Crippen LogP contribution >= 0.6 is 11.8 Å². The molecule has 2 aliphatic heterocycles. The molecule has 4 rings (SSSR count). The first kappa shape index (κ1) is 18.5. The van der Waals surface area contributed by atoms with Crippen LogP contribution in [0.5, 0.6) is 5.75 Å². The fourth-order valence-corrected chi connectivity index (χ4v) is 4.84. The van der Waals surface area contributed by atoms with Crippen LogP contribution in [0.2, 0.25) is 0 Å². The molecule has 142 valence electrons. The van der Waals surface area contributed by atoms with Crippen molar-refractivity contribution < 1.29 is 9.53 Å². The van der Waals surface area contributed by atoms with E-state index < -0.39 is 0 Å². The number of carbonyl (C=O) groups excluding carboxylic acids is 1. The van der Waals surface area contributed by atoms with E-state index in [1.54, 1.807) is 23.8 Å². The molecule has 0 aliphatic carbocycles. The third-order valence-corrected chi connectivity index (χ3v) is 6.33. The summed E-state index contributed by atoms with van der Waals surface area (Å²) in [6, 6.07) is 18.3. The van der Waals surface area contributed by atoms with Crippen LogP contribution in [0.4, 0.5) is 5.69 Å². The largest absolute Gasteiger partial charge is 0.497 e. The van der Waals surface area contributed by atoms with Gasteiger partial charge in [-0.05, 0) is 42.3 Å². The van der Waals surface area contributed by atoms with Gasteiger partial charge in [-0.15, -0.1) is 0 Å². The molecule has 2 aliphatic rings. The Morgan fingerprint density at radius 3 is 2.68 bits per heavy atom. The van der Waals surface area contributed by atoms with Gasteiger partial charge >= 0.3 is 0 Å². The van der Waals surface area contributed by atoms with E-state index in [4.69, 9.17) is 4.74 Å². The van der Waals surface area contributed by atoms with E-state index in [-0.39, 0.29) is 11.8 Å². The summed E-state index contributed by atoms with van der Waals surface area (Å²) in [6.45, 7) is 2.54. The Balaban J connectivity index is 1.65. The van der Waals surface area contributed by atoms with E-state index in [0.29, 0.717) is 24.5 Å². The average Bonchev–Trinajstić information content (AvgIpc) is 2.73. The van der Waals surface area contributed by atoms with Crippen molar-refractivity contribution in [1.29, 1.82) is 5.26 Å². The van der Waals surface area contributed by atoms with Gasteiger partial charge in [0.25, 0.3) is 0 Å². The van der Waals surface area contributed by atoms with E-state index in [1.807, 2.05) is 30.3 Å². The topological polar surface area (TPSA) is 56.6 Å². The maximum absolute atomic E-state index is 13.0. The smallest absolute Gasteiger partial charge is 0.229 e. The van der Waals surface area contributed by atoms with Crippen LogP contribution in [-0.4, -0.2) is 30.5 Å². The number of amides is 1. The zero-order valence-electron chi connectivity index (χ0n) is 15.9. The number of nitriles is 1. The zero-order valence-corrected chi connectivity index (χ0v) is 16.7. The molecule has 2 aromatic rings. The first-order valence-corrected chi connectivity index (χ1v) is 10.1. The summed E-state index contributed by atoms with van der Waals surface area (Å²) >= 11 is 1.56. The molecule has 1 unspecified atom stereocenters. The minimum atomic E-state index is -0.201. The summed E-state index contributed by atoms with van der Waals surface area (Å²) in [4.78, 5) is 16.9. The van der Waals surface area contributed by atoms with Crippen molar-refractivity contribution in [2.75, 3.05) is 24.6 Å². The van der Waals surface area contributed by atoms with E-state index in [1.165, 1.54) is 5.56 Å². The number of ether oxygens (including phenoxy) is 1. The second kappa shape index (κ2) is 7.61. The molecular formula is C22H21N3O2S. The quantitative estimate of drug-likeness (QED) is 0.784. The molecule has 6 heteroatoms. The number of methoxy groups -OCH3 is 1. The van der Waals surface area contributed by atoms with Gasteiger partial charge in [-0.1, -0.05) is 36.0 Å². The Hall–Kier alpha value is -2.91. The maximum Gasteiger partial charge on any atom is 0.229 e. The number of nitrogens with zero attached hydrogens (tertiary/aromatic N) is 3. The van der Waals surface area contributed by atoms with Crippen LogP contribution in [0.15, 0.2) is 59.1 Å². The summed E-state index contributed by atoms with van der Waals surface area (Å²) in [5, 5.41) is 10.7. The van der Waals surface area contributed by atoms with Crippen LogP contribution in [-0.2, 0) is 4.79 Å². The molecule has 0 aromatic heterocycles. The number of rotatable bonds is 3. The van der Waals surface area contributed by atoms with Crippen molar-refractivity contribution in [3.8, 4) is 11.8 Å². The third kappa shape index (κ3) is 3.34. The number of hydrogen-bond acceptors (Lipinski definition) is 5. The fourth-order valence-electron chi connectivity index (χ4n) is 3.67. The Labute approximate surface area is 169 Å². The third-order valence-electron chi connectivity index (χ3n) is 5.18. The van der Waals surface area contributed by atoms with Crippen LogP contribution in [0.3, 0.4) is 0 Å². The first-order chi connectivity index (χ1) is 13.6. The van der Waals surface area contributed by atoms with Crippen molar-refractivity contribution in [2.45, 2.75) is 19.3 Å². The zero-order chi connectivity index (χ0) is 19.7. The van der Waals surface area contributed by atoms with Crippen molar-refractivity contribution >= 4 is 23.4 Å². The van der Waals surface area contributed by atoms with Crippen LogP contribution < -0.4 is 9.64 Å². The number of anilines is 1. The first-order valence-electron chi connectivity index (χ1n) is 9.13. The summed E-state index contributed by atoms with van der Waals surface area (Å²) in [7, 11) is 1.62. The molecule has 5 nitrogen and oxygen atoms in total. The van der Waals surface area contributed by atoms with Gasteiger partial charge in [-0.25, -0.2) is 0 Å². The van der Waals surface area contributed by atoms with E-state index in [9.17, 15) is 10.1 Å². The van der Waals surface area contributed by atoms with E-state index >= 15 is 0 Å². The number of aryl methyl sites for hydroxylation is 1. The minimum Gasteiger partial charge on any atom is -0.497 e. The highest BCUT2D eigenvalue weighted by Gasteiger charge is 2.38. The molecule has 2 aromatic carbocycles. The molecule has 1 saturated heterocycles. The number of benzene rings is 2. The van der Waals surface area contributed by atoms with Gasteiger partial charge in [-0.2, -0.15) is 5.26 Å². The summed E-state index contributed by atoms with van der Waals surface area (Å²) in [5.41, 5.74) is 3.93. The van der Waals surface area contributed by atoms with Gasteiger partial charge in [0.1, 0.15) is 5.75 Å². The lowest BCUT2D eigenvalue weighted by atomic mass is 9.86. The minimum absolute atomic E-state index is 0.0553. The van der Waals surface area contributed by atoms with Crippen molar-refractivity contribution in [2.24, 2.45) is 0 Å². The van der Waals surface area contributed by atoms with Crippen molar-refractivity contribution in [3.63, 3.8) is 0 Å². The van der Waals surface area contributed by atoms with Crippen LogP contribution in [0, 0.1) is 18.3 Å². The molecule has 2 heterocycles.